The van der Waals surface area contributed by atoms with Gasteiger partial charge in [-0.25, -0.2) is 9.79 Å². The van der Waals surface area contributed by atoms with Gasteiger partial charge in [0.05, 0.1) is 19.4 Å². The summed E-state index contributed by atoms with van der Waals surface area (Å²) in [6.07, 6.45) is 0. The van der Waals surface area contributed by atoms with E-state index >= 15 is 0 Å². The van der Waals surface area contributed by atoms with Gasteiger partial charge < -0.3 is 20.3 Å². The number of methoxy groups -OCH3 is 1. The number of esters is 1. The minimum absolute atomic E-state index is 0.371. The number of hydrogen-bond acceptors (Lipinski definition) is 6. The Hall–Kier alpha value is -2.41. The van der Waals surface area contributed by atoms with Crippen LogP contribution in [-0.4, -0.2) is 42.5 Å². The van der Waals surface area contributed by atoms with Gasteiger partial charge in [-0.1, -0.05) is 0 Å². The molecule has 3 N–H and O–H groups in total. The molecule has 108 valence electrons. The maximum Gasteiger partial charge on any atom is 0.354 e. The lowest BCUT2D eigenvalue weighted by Gasteiger charge is -2.09. The summed E-state index contributed by atoms with van der Waals surface area (Å²) in [7, 11) is 1.13. The molecule has 0 aromatic heterocycles. The molecule has 0 aliphatic heterocycles. The van der Waals surface area contributed by atoms with Crippen molar-refractivity contribution >= 4 is 23.3 Å². The van der Waals surface area contributed by atoms with Crippen LogP contribution < -0.4 is 10.5 Å². The summed E-state index contributed by atoms with van der Waals surface area (Å²) in [6, 6.07) is 4.94. The predicted octanol–water partition coefficient (Wildman–Crippen LogP) is 0.743. The standard InChI is InChI=1S/C13H16N2O5/c1-3-20-9-6-4-8(5-7-9)15-11(13(18)19-2)10(14)12(16)17/h4-7,10H,3,14H2,1-2H3,(H,16,17). The largest absolute Gasteiger partial charge is 0.494 e. The summed E-state index contributed by atoms with van der Waals surface area (Å²) < 4.78 is 9.74. The number of benzene rings is 1. The van der Waals surface area contributed by atoms with E-state index in [1.165, 1.54) is 0 Å². The molecule has 0 bridgehead atoms. The minimum Gasteiger partial charge on any atom is -0.494 e. The van der Waals surface area contributed by atoms with Gasteiger partial charge in [-0.15, -0.1) is 0 Å². The topological polar surface area (TPSA) is 111 Å². The summed E-state index contributed by atoms with van der Waals surface area (Å²) in [6.45, 7) is 2.38. The van der Waals surface area contributed by atoms with Crippen LogP contribution in [0.15, 0.2) is 29.3 Å². The van der Waals surface area contributed by atoms with Gasteiger partial charge in [0.15, 0.2) is 11.8 Å². The number of nitrogens with zero attached hydrogens (tertiary/aromatic N) is 1. The van der Waals surface area contributed by atoms with Gasteiger partial charge in [0.1, 0.15) is 5.75 Å². The van der Waals surface area contributed by atoms with Crippen LogP contribution in [0.4, 0.5) is 5.69 Å². The molecule has 1 rings (SSSR count). The van der Waals surface area contributed by atoms with Gasteiger partial charge in [0.25, 0.3) is 0 Å². The first-order valence-electron chi connectivity index (χ1n) is 5.87. The van der Waals surface area contributed by atoms with E-state index in [1.54, 1.807) is 24.3 Å². The number of nitrogens with two attached hydrogens (primary N) is 1. The quantitative estimate of drug-likeness (QED) is 0.587. The van der Waals surface area contributed by atoms with Gasteiger partial charge in [0, 0.05) is 0 Å². The van der Waals surface area contributed by atoms with Crippen molar-refractivity contribution in [3.05, 3.63) is 24.3 Å². The molecule has 0 aliphatic rings. The van der Waals surface area contributed by atoms with Gasteiger partial charge in [-0.3, -0.25) is 4.79 Å². The van der Waals surface area contributed by atoms with Gasteiger partial charge in [-0.2, -0.15) is 0 Å². The molecule has 0 aliphatic carbocycles. The number of carboxylic acids is 1. The van der Waals surface area contributed by atoms with Crippen LogP contribution in [0.25, 0.3) is 0 Å². The van der Waals surface area contributed by atoms with Crippen molar-refractivity contribution in [1.29, 1.82) is 0 Å². The first kappa shape index (κ1) is 15.6. The van der Waals surface area contributed by atoms with Crippen molar-refractivity contribution in [2.45, 2.75) is 13.0 Å². The van der Waals surface area contributed by atoms with Crippen molar-refractivity contribution in [2.24, 2.45) is 10.7 Å². The average molecular weight is 280 g/mol. The van der Waals surface area contributed by atoms with Crippen LogP contribution in [0.5, 0.6) is 5.75 Å². The van der Waals surface area contributed by atoms with Crippen molar-refractivity contribution < 1.29 is 24.2 Å². The highest BCUT2D eigenvalue weighted by atomic mass is 16.5. The van der Waals surface area contributed by atoms with Gasteiger partial charge in [0.2, 0.25) is 0 Å². The van der Waals surface area contributed by atoms with E-state index in [2.05, 4.69) is 9.73 Å². The first-order chi connectivity index (χ1) is 9.49. The van der Waals surface area contributed by atoms with Crippen LogP contribution in [0, 0.1) is 0 Å². The zero-order valence-corrected chi connectivity index (χ0v) is 11.2. The Morgan fingerprint density at radius 1 is 1.35 bits per heavy atom. The number of carbonyl (C=O) groups excluding carboxylic acids is 1. The highest BCUT2D eigenvalue weighted by Crippen LogP contribution is 2.18. The van der Waals surface area contributed by atoms with E-state index in [0.717, 1.165) is 7.11 Å². The molecule has 0 spiro atoms. The maximum atomic E-state index is 11.5. The lowest BCUT2D eigenvalue weighted by Crippen LogP contribution is -2.43. The predicted molar refractivity (Wildman–Crippen MR) is 72.3 cm³/mol. The van der Waals surface area contributed by atoms with Crippen molar-refractivity contribution in [3.8, 4) is 5.75 Å². The Morgan fingerprint density at radius 2 is 1.95 bits per heavy atom. The molecule has 1 aromatic carbocycles. The van der Waals surface area contributed by atoms with Crippen LogP contribution in [0.1, 0.15) is 6.92 Å². The SMILES string of the molecule is CCOc1ccc(N=C(C(=O)OC)C(N)C(=O)O)cc1. The molecule has 0 amide bonds. The summed E-state index contributed by atoms with van der Waals surface area (Å²) in [5.74, 6) is -1.59. The van der Waals surface area contributed by atoms with Crippen molar-refractivity contribution in [1.82, 2.24) is 0 Å². The Balaban J connectivity index is 3.06. The second kappa shape index (κ2) is 7.25. The monoisotopic (exact) mass is 280 g/mol. The van der Waals surface area contributed by atoms with Crippen molar-refractivity contribution in [3.63, 3.8) is 0 Å². The highest BCUT2D eigenvalue weighted by Gasteiger charge is 2.26. The van der Waals surface area contributed by atoms with Crippen LogP contribution in [-0.2, 0) is 14.3 Å². The second-order valence-electron chi connectivity index (χ2n) is 3.73. The summed E-state index contributed by atoms with van der Waals surface area (Å²) in [5.41, 5.74) is 5.42. The molecule has 0 fully saturated rings. The Labute approximate surface area is 116 Å². The van der Waals surface area contributed by atoms with Gasteiger partial charge >= 0.3 is 11.9 Å². The third-order valence-corrected chi connectivity index (χ3v) is 2.35. The molecular weight excluding hydrogens is 264 g/mol. The normalized spacial score (nSPS) is 12.7. The van der Waals surface area contributed by atoms with Crippen molar-refractivity contribution in [2.75, 3.05) is 13.7 Å². The molecule has 0 heterocycles. The molecule has 0 radical (unpaired) electrons. The lowest BCUT2D eigenvalue weighted by molar-refractivity contribution is -0.139. The first-order valence-corrected chi connectivity index (χ1v) is 5.87. The minimum atomic E-state index is -1.55. The molecule has 1 aromatic rings. The number of carboxylic acid groups (broad SMARTS) is 1. The molecule has 7 heteroatoms. The Bertz CT molecular complexity index is 510. The summed E-state index contributed by atoms with van der Waals surface area (Å²) in [5, 5.41) is 8.86. The Morgan fingerprint density at radius 3 is 2.40 bits per heavy atom. The van der Waals surface area contributed by atoms with E-state index < -0.39 is 18.0 Å². The van der Waals surface area contributed by atoms with Gasteiger partial charge in [-0.05, 0) is 31.2 Å². The molecule has 1 unspecified atom stereocenters. The third kappa shape index (κ3) is 4.06. The average Bonchev–Trinajstić information content (AvgIpc) is 2.45. The molecular formula is C13H16N2O5. The smallest absolute Gasteiger partial charge is 0.354 e. The number of rotatable bonds is 6. The van der Waals surface area contributed by atoms with E-state index in [9.17, 15) is 9.59 Å². The van der Waals surface area contributed by atoms with E-state index in [4.69, 9.17) is 15.6 Å². The second-order valence-corrected chi connectivity index (χ2v) is 3.73. The number of aliphatic imine (C=N–C) groups is 1. The number of ether oxygens (including phenoxy) is 2. The Kier molecular flexibility index (Phi) is 5.67. The fraction of sp³-hybridized carbons (Fsp3) is 0.308. The summed E-state index contributed by atoms with van der Waals surface area (Å²) >= 11 is 0. The third-order valence-electron chi connectivity index (χ3n) is 2.35. The molecule has 20 heavy (non-hydrogen) atoms. The summed E-state index contributed by atoms with van der Waals surface area (Å²) in [4.78, 5) is 26.3. The highest BCUT2D eigenvalue weighted by molar-refractivity contribution is 6.42. The van der Waals surface area contributed by atoms with Crippen LogP contribution in [0.2, 0.25) is 0 Å². The lowest BCUT2D eigenvalue weighted by atomic mass is 10.2. The zero-order valence-electron chi connectivity index (χ0n) is 11.2. The fourth-order valence-electron chi connectivity index (χ4n) is 1.39. The number of carbonyl (C=O) groups is 2. The molecule has 0 saturated heterocycles. The number of aliphatic carboxylic acids is 1. The molecule has 0 saturated carbocycles. The van der Waals surface area contributed by atoms with E-state index in [1.807, 2.05) is 6.92 Å². The zero-order chi connectivity index (χ0) is 15.1. The van der Waals surface area contributed by atoms with Crippen LogP contribution in [0.3, 0.4) is 0 Å². The number of hydrogen-bond donors (Lipinski definition) is 2. The van der Waals surface area contributed by atoms with E-state index in [-0.39, 0.29) is 5.71 Å². The fourth-order valence-corrected chi connectivity index (χ4v) is 1.39. The molecule has 7 nitrogen and oxygen atoms in total. The molecule has 1 atom stereocenters. The van der Waals surface area contributed by atoms with E-state index in [0.29, 0.717) is 18.0 Å². The van der Waals surface area contributed by atoms with Crippen LogP contribution >= 0.6 is 0 Å². The maximum absolute atomic E-state index is 11.5.